The molecule has 1 atom stereocenters. The lowest BCUT2D eigenvalue weighted by molar-refractivity contribution is -0.133. The van der Waals surface area contributed by atoms with Crippen LogP contribution in [-0.2, 0) is 14.3 Å². The number of Topliss-reactive ketones (excluding diaryl/α,β-unsaturated/α-hetero) is 2. The third-order valence-electron chi connectivity index (χ3n) is 3.44. The van der Waals surface area contributed by atoms with Gasteiger partial charge in [-0.25, -0.2) is 4.79 Å². The highest BCUT2D eigenvalue weighted by atomic mass is 16.6. The molecule has 1 saturated heterocycles. The number of piperidine rings is 1. The molecule has 1 aliphatic heterocycles. The largest absolute Gasteiger partial charge is 0.444 e. The van der Waals surface area contributed by atoms with Gasteiger partial charge in [-0.2, -0.15) is 0 Å². The number of ketones is 2. The molecule has 0 aliphatic carbocycles. The van der Waals surface area contributed by atoms with E-state index in [-0.39, 0.29) is 17.6 Å². The molecule has 0 saturated carbocycles. The third kappa shape index (κ3) is 4.32. The zero-order valence-corrected chi connectivity index (χ0v) is 13.1. The lowest BCUT2D eigenvalue weighted by atomic mass is 9.85. The monoisotopic (exact) mass is 283 g/mol. The number of ether oxygens (including phenoxy) is 1. The second-order valence-electron chi connectivity index (χ2n) is 6.44. The van der Waals surface area contributed by atoms with Gasteiger partial charge in [-0.05, 0) is 53.9 Å². The molecule has 1 fully saturated rings. The van der Waals surface area contributed by atoms with Crippen LogP contribution in [0.5, 0.6) is 0 Å². The molecule has 5 heteroatoms. The molecule has 114 valence electrons. The van der Waals surface area contributed by atoms with Crippen LogP contribution in [0.2, 0.25) is 0 Å². The number of nitrogens with zero attached hydrogens (tertiary/aromatic N) is 1. The predicted molar refractivity (Wildman–Crippen MR) is 75.4 cm³/mol. The fraction of sp³-hybridized carbons (Fsp3) is 0.800. The summed E-state index contributed by atoms with van der Waals surface area (Å²) in [5, 5.41) is 0. The highest BCUT2D eigenvalue weighted by Crippen LogP contribution is 2.26. The number of rotatable bonds is 3. The summed E-state index contributed by atoms with van der Waals surface area (Å²) in [6, 6.07) is -0.367. The first-order valence-corrected chi connectivity index (χ1v) is 7.14. The van der Waals surface area contributed by atoms with Gasteiger partial charge in [0.05, 0.1) is 12.0 Å². The Bertz CT molecular complexity index is 383. The molecule has 0 radical (unpaired) electrons. The summed E-state index contributed by atoms with van der Waals surface area (Å²) in [7, 11) is 0. The van der Waals surface area contributed by atoms with Crippen LogP contribution in [0.25, 0.3) is 0 Å². The Morgan fingerprint density at radius 2 is 1.65 bits per heavy atom. The second kappa shape index (κ2) is 6.37. The highest BCUT2D eigenvalue weighted by Gasteiger charge is 2.39. The van der Waals surface area contributed by atoms with E-state index in [1.165, 1.54) is 13.8 Å². The topological polar surface area (TPSA) is 63.7 Å². The fourth-order valence-electron chi connectivity index (χ4n) is 2.68. The van der Waals surface area contributed by atoms with E-state index >= 15 is 0 Å². The van der Waals surface area contributed by atoms with Gasteiger partial charge in [-0.15, -0.1) is 0 Å². The van der Waals surface area contributed by atoms with Gasteiger partial charge in [0.2, 0.25) is 0 Å². The third-order valence-corrected chi connectivity index (χ3v) is 3.44. The van der Waals surface area contributed by atoms with E-state index in [2.05, 4.69) is 0 Å². The molecule has 1 amide bonds. The van der Waals surface area contributed by atoms with Gasteiger partial charge in [-0.3, -0.25) is 9.59 Å². The van der Waals surface area contributed by atoms with Crippen molar-refractivity contribution in [1.29, 1.82) is 0 Å². The minimum atomic E-state index is -0.734. The zero-order chi connectivity index (χ0) is 15.5. The van der Waals surface area contributed by atoms with Crippen molar-refractivity contribution < 1.29 is 19.1 Å². The van der Waals surface area contributed by atoms with Crippen molar-refractivity contribution in [2.45, 2.75) is 65.5 Å². The lowest BCUT2D eigenvalue weighted by Crippen LogP contribution is -2.52. The van der Waals surface area contributed by atoms with Crippen LogP contribution in [-0.4, -0.2) is 40.7 Å². The van der Waals surface area contributed by atoms with E-state index in [4.69, 9.17) is 4.74 Å². The molecular weight excluding hydrogens is 258 g/mol. The van der Waals surface area contributed by atoms with Crippen molar-refractivity contribution in [3.8, 4) is 0 Å². The summed E-state index contributed by atoms with van der Waals surface area (Å²) in [4.78, 5) is 37.3. The molecule has 0 spiro atoms. The molecule has 1 unspecified atom stereocenters. The molecule has 20 heavy (non-hydrogen) atoms. The van der Waals surface area contributed by atoms with Gasteiger partial charge >= 0.3 is 6.09 Å². The number of carbonyl (C=O) groups is 3. The Kier molecular flexibility index (Phi) is 5.31. The summed E-state index contributed by atoms with van der Waals surface area (Å²) in [5.74, 6) is -1.10. The maximum atomic E-state index is 12.3. The van der Waals surface area contributed by atoms with Crippen LogP contribution in [0.4, 0.5) is 4.79 Å². The van der Waals surface area contributed by atoms with E-state index in [9.17, 15) is 14.4 Å². The second-order valence-corrected chi connectivity index (χ2v) is 6.44. The van der Waals surface area contributed by atoms with E-state index in [1.54, 1.807) is 25.7 Å². The molecule has 5 nitrogen and oxygen atoms in total. The Balaban J connectivity index is 2.93. The Morgan fingerprint density at radius 3 is 2.10 bits per heavy atom. The van der Waals surface area contributed by atoms with Crippen LogP contribution >= 0.6 is 0 Å². The van der Waals surface area contributed by atoms with Gasteiger partial charge in [0.25, 0.3) is 0 Å². The lowest BCUT2D eigenvalue weighted by Gasteiger charge is -2.39. The average molecular weight is 283 g/mol. The standard InChI is InChI=1S/C15H25NO4/c1-10(17)13(11(2)18)12-8-6-7-9-16(12)14(19)20-15(3,4)5/h12-13H,6-9H2,1-5H3. The van der Waals surface area contributed by atoms with E-state index in [0.29, 0.717) is 13.0 Å². The first kappa shape index (κ1) is 16.7. The molecule has 0 aromatic rings. The number of amides is 1. The van der Waals surface area contributed by atoms with Gasteiger partial charge in [0.1, 0.15) is 17.2 Å². The van der Waals surface area contributed by atoms with Crippen LogP contribution in [0.1, 0.15) is 53.9 Å². The van der Waals surface area contributed by atoms with Crippen LogP contribution in [0, 0.1) is 5.92 Å². The Morgan fingerprint density at radius 1 is 1.10 bits per heavy atom. The number of likely N-dealkylation sites (tertiary alicyclic amines) is 1. The van der Waals surface area contributed by atoms with Crippen molar-refractivity contribution in [1.82, 2.24) is 4.90 Å². The maximum absolute atomic E-state index is 12.3. The van der Waals surface area contributed by atoms with Crippen molar-refractivity contribution >= 4 is 17.7 Å². The van der Waals surface area contributed by atoms with Crippen molar-refractivity contribution in [2.24, 2.45) is 5.92 Å². The smallest absolute Gasteiger partial charge is 0.410 e. The number of carbonyl (C=O) groups excluding carboxylic acids is 3. The predicted octanol–water partition coefficient (Wildman–Crippen LogP) is 2.57. The maximum Gasteiger partial charge on any atom is 0.410 e. The van der Waals surface area contributed by atoms with Crippen LogP contribution in [0.3, 0.4) is 0 Å². The highest BCUT2D eigenvalue weighted by molar-refractivity contribution is 6.01. The van der Waals surface area contributed by atoms with Gasteiger partial charge < -0.3 is 9.64 Å². The quantitative estimate of drug-likeness (QED) is 0.747. The normalized spacial score (nSPS) is 19.9. The first-order valence-electron chi connectivity index (χ1n) is 7.14. The van der Waals surface area contributed by atoms with Gasteiger partial charge in [0, 0.05) is 6.54 Å². The van der Waals surface area contributed by atoms with Crippen LogP contribution < -0.4 is 0 Å². The average Bonchev–Trinajstić information content (AvgIpc) is 2.26. The molecule has 1 heterocycles. The van der Waals surface area contributed by atoms with Crippen LogP contribution in [0.15, 0.2) is 0 Å². The molecule has 0 bridgehead atoms. The minimum Gasteiger partial charge on any atom is -0.444 e. The fourth-order valence-corrected chi connectivity index (χ4v) is 2.68. The summed E-state index contributed by atoms with van der Waals surface area (Å²) in [5.41, 5.74) is -0.582. The minimum absolute atomic E-state index is 0.182. The summed E-state index contributed by atoms with van der Waals surface area (Å²) in [6.07, 6.45) is 2.03. The Hall–Kier alpha value is -1.39. The van der Waals surface area contributed by atoms with Crippen molar-refractivity contribution in [3.05, 3.63) is 0 Å². The number of hydrogen-bond acceptors (Lipinski definition) is 4. The zero-order valence-electron chi connectivity index (χ0n) is 13.1. The molecule has 0 aromatic heterocycles. The summed E-state index contributed by atoms with van der Waals surface area (Å²) >= 11 is 0. The molecule has 0 N–H and O–H groups in total. The van der Waals surface area contributed by atoms with Gasteiger partial charge in [0.15, 0.2) is 0 Å². The molecule has 0 aromatic carbocycles. The van der Waals surface area contributed by atoms with E-state index < -0.39 is 17.6 Å². The first-order chi connectivity index (χ1) is 9.13. The van der Waals surface area contributed by atoms with Gasteiger partial charge in [-0.1, -0.05) is 0 Å². The summed E-state index contributed by atoms with van der Waals surface area (Å²) < 4.78 is 5.38. The van der Waals surface area contributed by atoms with Crippen molar-refractivity contribution in [2.75, 3.05) is 6.54 Å². The molecular formula is C15H25NO4. The molecule has 1 rings (SSSR count). The van der Waals surface area contributed by atoms with Crippen molar-refractivity contribution in [3.63, 3.8) is 0 Å². The van der Waals surface area contributed by atoms with E-state index in [1.807, 2.05) is 0 Å². The molecule has 1 aliphatic rings. The summed E-state index contributed by atoms with van der Waals surface area (Å²) in [6.45, 7) is 8.77. The number of hydrogen-bond donors (Lipinski definition) is 0. The Labute approximate surface area is 120 Å². The SMILES string of the molecule is CC(=O)C(C(C)=O)C1CCCCN1C(=O)OC(C)(C)C. The van der Waals surface area contributed by atoms with E-state index in [0.717, 1.165) is 12.8 Å².